The Hall–Kier alpha value is -2.43. The van der Waals surface area contributed by atoms with E-state index in [1.807, 2.05) is 30.3 Å². The van der Waals surface area contributed by atoms with Crippen molar-refractivity contribution in [1.29, 1.82) is 0 Å². The summed E-state index contributed by atoms with van der Waals surface area (Å²) in [6, 6.07) is 11.9. The lowest BCUT2D eigenvalue weighted by Crippen LogP contribution is -2.05. The first-order chi connectivity index (χ1) is 9.16. The smallest absolute Gasteiger partial charge is 0.201 e. The zero-order valence-electron chi connectivity index (χ0n) is 9.98. The number of nitrogens with two attached hydrogens (primary N) is 1. The Morgan fingerprint density at radius 1 is 1.05 bits per heavy atom. The molecule has 3 aromatic rings. The van der Waals surface area contributed by atoms with Gasteiger partial charge in [0.05, 0.1) is 12.1 Å². The second kappa shape index (κ2) is 4.35. The number of imidazole rings is 1. The molecule has 3 nitrogen and oxygen atoms in total. The fourth-order valence-corrected chi connectivity index (χ4v) is 2.10. The van der Waals surface area contributed by atoms with E-state index in [1.165, 1.54) is 10.6 Å². The minimum absolute atomic E-state index is 0.0985. The Morgan fingerprint density at radius 2 is 1.79 bits per heavy atom. The lowest BCUT2D eigenvalue weighted by atomic mass is 10.2. The Bertz CT molecular complexity index is 735. The molecule has 19 heavy (non-hydrogen) atoms. The average molecular weight is 259 g/mol. The van der Waals surface area contributed by atoms with E-state index in [-0.39, 0.29) is 11.5 Å². The van der Waals surface area contributed by atoms with Crippen molar-refractivity contribution in [3.05, 3.63) is 59.7 Å². The molecule has 0 radical (unpaired) electrons. The van der Waals surface area contributed by atoms with Crippen molar-refractivity contribution in [2.24, 2.45) is 0 Å². The lowest BCUT2D eigenvalue weighted by Gasteiger charge is -2.07. The number of hydrogen-bond acceptors (Lipinski definition) is 2. The zero-order valence-corrected chi connectivity index (χ0v) is 9.98. The molecule has 0 aliphatic rings. The van der Waals surface area contributed by atoms with Gasteiger partial charge in [0.25, 0.3) is 0 Å². The summed E-state index contributed by atoms with van der Waals surface area (Å²) < 4.78 is 28.7. The molecular weight excluding hydrogens is 248 g/mol. The predicted molar refractivity (Wildman–Crippen MR) is 69.6 cm³/mol. The van der Waals surface area contributed by atoms with Crippen molar-refractivity contribution in [3.63, 3.8) is 0 Å². The van der Waals surface area contributed by atoms with Gasteiger partial charge >= 0.3 is 0 Å². The number of hydrogen-bond donors (Lipinski definition) is 1. The molecule has 0 amide bonds. The van der Waals surface area contributed by atoms with Crippen LogP contribution in [0, 0.1) is 11.6 Å². The Kier molecular flexibility index (Phi) is 2.67. The normalized spacial score (nSPS) is 11.1. The van der Waals surface area contributed by atoms with E-state index in [9.17, 15) is 8.78 Å². The first-order valence-corrected chi connectivity index (χ1v) is 5.80. The summed E-state index contributed by atoms with van der Waals surface area (Å²) in [5.41, 5.74) is 7.18. The van der Waals surface area contributed by atoms with Gasteiger partial charge < -0.3 is 10.3 Å². The number of nitrogen functional groups attached to an aromatic ring is 1. The number of halogens is 2. The first-order valence-electron chi connectivity index (χ1n) is 5.80. The van der Waals surface area contributed by atoms with Gasteiger partial charge in [0.15, 0.2) is 11.6 Å². The van der Waals surface area contributed by atoms with E-state index in [2.05, 4.69) is 4.98 Å². The molecule has 3 rings (SSSR count). The summed E-state index contributed by atoms with van der Waals surface area (Å²) >= 11 is 0. The summed E-state index contributed by atoms with van der Waals surface area (Å²) in [6.45, 7) is 0.351. The van der Waals surface area contributed by atoms with Crippen molar-refractivity contribution in [2.75, 3.05) is 5.73 Å². The summed E-state index contributed by atoms with van der Waals surface area (Å²) in [7, 11) is 0. The Labute approximate surface area is 108 Å². The number of anilines is 1. The maximum atomic E-state index is 13.9. The van der Waals surface area contributed by atoms with Crippen molar-refractivity contribution in [3.8, 4) is 0 Å². The van der Waals surface area contributed by atoms with Crippen molar-refractivity contribution >= 4 is 17.0 Å². The van der Waals surface area contributed by atoms with Crippen LogP contribution in [0.15, 0.2) is 42.5 Å². The predicted octanol–water partition coefficient (Wildman–Crippen LogP) is 2.95. The SMILES string of the molecule is Nc1nc2ccc(F)c(F)c2n1Cc1ccccc1. The van der Waals surface area contributed by atoms with Gasteiger partial charge in [-0.1, -0.05) is 30.3 Å². The van der Waals surface area contributed by atoms with Gasteiger partial charge in [-0.15, -0.1) is 0 Å². The molecule has 0 bridgehead atoms. The summed E-state index contributed by atoms with van der Waals surface area (Å²) in [5, 5.41) is 0. The van der Waals surface area contributed by atoms with Crippen LogP contribution in [0.2, 0.25) is 0 Å². The highest BCUT2D eigenvalue weighted by Gasteiger charge is 2.16. The van der Waals surface area contributed by atoms with Crippen molar-refractivity contribution < 1.29 is 8.78 Å². The second-order valence-electron chi connectivity index (χ2n) is 4.27. The lowest BCUT2D eigenvalue weighted by molar-refractivity contribution is 0.512. The number of fused-ring (bicyclic) bond motifs is 1. The average Bonchev–Trinajstić information content (AvgIpc) is 2.73. The maximum absolute atomic E-state index is 13.9. The van der Waals surface area contributed by atoms with E-state index in [0.29, 0.717) is 12.1 Å². The van der Waals surface area contributed by atoms with Crippen LogP contribution >= 0.6 is 0 Å². The number of benzene rings is 2. The molecule has 0 unspecified atom stereocenters. The van der Waals surface area contributed by atoms with Crippen LogP contribution in [-0.2, 0) is 6.54 Å². The van der Waals surface area contributed by atoms with Gasteiger partial charge in [-0.2, -0.15) is 0 Å². The third-order valence-electron chi connectivity index (χ3n) is 3.01. The first kappa shape index (κ1) is 11.6. The third-order valence-corrected chi connectivity index (χ3v) is 3.01. The van der Waals surface area contributed by atoms with Crippen LogP contribution in [-0.4, -0.2) is 9.55 Å². The number of nitrogens with zero attached hydrogens (tertiary/aromatic N) is 2. The van der Waals surface area contributed by atoms with E-state index >= 15 is 0 Å². The van der Waals surface area contributed by atoms with E-state index in [0.717, 1.165) is 11.6 Å². The fourth-order valence-electron chi connectivity index (χ4n) is 2.10. The molecule has 0 saturated carbocycles. The highest BCUT2D eigenvalue weighted by Crippen LogP contribution is 2.24. The quantitative estimate of drug-likeness (QED) is 0.769. The Balaban J connectivity index is 2.18. The van der Waals surface area contributed by atoms with E-state index in [4.69, 9.17) is 5.73 Å². The van der Waals surface area contributed by atoms with E-state index < -0.39 is 11.6 Å². The van der Waals surface area contributed by atoms with Gasteiger partial charge in [0.1, 0.15) is 5.52 Å². The number of aromatic nitrogens is 2. The molecule has 0 atom stereocenters. The summed E-state index contributed by atoms with van der Waals surface area (Å²) in [6.07, 6.45) is 0. The van der Waals surface area contributed by atoms with Gasteiger partial charge in [-0.3, -0.25) is 0 Å². The van der Waals surface area contributed by atoms with Crippen LogP contribution < -0.4 is 5.73 Å². The largest absolute Gasteiger partial charge is 0.369 e. The Morgan fingerprint density at radius 3 is 2.53 bits per heavy atom. The van der Waals surface area contributed by atoms with Crippen LogP contribution in [0.5, 0.6) is 0 Å². The fraction of sp³-hybridized carbons (Fsp3) is 0.0714. The molecule has 5 heteroatoms. The molecule has 1 aromatic heterocycles. The molecule has 0 saturated heterocycles. The van der Waals surface area contributed by atoms with Crippen LogP contribution in [0.3, 0.4) is 0 Å². The highest BCUT2D eigenvalue weighted by molar-refractivity contribution is 5.79. The number of rotatable bonds is 2. The van der Waals surface area contributed by atoms with Gasteiger partial charge in [0.2, 0.25) is 5.95 Å². The topological polar surface area (TPSA) is 43.8 Å². The van der Waals surface area contributed by atoms with Crippen molar-refractivity contribution in [2.45, 2.75) is 6.54 Å². The zero-order chi connectivity index (χ0) is 13.4. The molecule has 2 aromatic carbocycles. The minimum atomic E-state index is -0.919. The molecule has 0 aliphatic carbocycles. The molecule has 0 spiro atoms. The molecular formula is C14H11F2N3. The summed E-state index contributed by atoms with van der Waals surface area (Å²) in [4.78, 5) is 4.05. The van der Waals surface area contributed by atoms with Crippen molar-refractivity contribution in [1.82, 2.24) is 9.55 Å². The molecule has 0 fully saturated rings. The van der Waals surface area contributed by atoms with Crippen LogP contribution in [0.4, 0.5) is 14.7 Å². The molecule has 96 valence electrons. The highest BCUT2D eigenvalue weighted by atomic mass is 19.2. The summed E-state index contributed by atoms with van der Waals surface area (Å²) in [5.74, 6) is -1.65. The van der Waals surface area contributed by atoms with Crippen LogP contribution in [0.25, 0.3) is 11.0 Å². The molecule has 0 aliphatic heterocycles. The van der Waals surface area contributed by atoms with Gasteiger partial charge in [-0.05, 0) is 17.7 Å². The minimum Gasteiger partial charge on any atom is -0.369 e. The maximum Gasteiger partial charge on any atom is 0.201 e. The molecule has 1 heterocycles. The third kappa shape index (κ3) is 1.93. The van der Waals surface area contributed by atoms with Crippen LogP contribution in [0.1, 0.15) is 5.56 Å². The van der Waals surface area contributed by atoms with E-state index in [1.54, 1.807) is 0 Å². The molecule has 2 N–H and O–H groups in total. The standard InChI is InChI=1S/C14H11F2N3/c15-10-6-7-11-13(12(10)16)19(14(17)18-11)8-9-4-2-1-3-5-9/h1-7H,8H2,(H2,17,18). The monoisotopic (exact) mass is 259 g/mol. The second-order valence-corrected chi connectivity index (χ2v) is 4.27. The van der Waals surface area contributed by atoms with Gasteiger partial charge in [-0.25, -0.2) is 13.8 Å². The van der Waals surface area contributed by atoms with Gasteiger partial charge in [0, 0.05) is 0 Å².